The quantitative estimate of drug-likeness (QED) is 0.644. The van der Waals surface area contributed by atoms with Gasteiger partial charge in [-0.05, 0) is 18.8 Å². The molecule has 2 aliphatic rings. The van der Waals surface area contributed by atoms with Crippen LogP contribution in [-0.2, 0) is 14.4 Å². The second-order valence-corrected chi connectivity index (χ2v) is 5.67. The molecular formula is C13H21N3O3. The maximum atomic E-state index is 12.0. The minimum absolute atomic E-state index is 0.0783. The van der Waals surface area contributed by atoms with E-state index in [2.05, 4.69) is 10.6 Å². The molecule has 1 unspecified atom stereocenters. The minimum atomic E-state index is -0.530. The molecule has 0 bridgehead atoms. The van der Waals surface area contributed by atoms with Gasteiger partial charge in [0.1, 0.15) is 0 Å². The van der Waals surface area contributed by atoms with Crippen LogP contribution in [0.5, 0.6) is 0 Å². The number of rotatable bonds is 6. The van der Waals surface area contributed by atoms with Crippen molar-refractivity contribution in [1.82, 2.24) is 15.5 Å². The van der Waals surface area contributed by atoms with Crippen LogP contribution in [0.15, 0.2) is 0 Å². The molecule has 0 aromatic heterocycles. The maximum absolute atomic E-state index is 12.0. The van der Waals surface area contributed by atoms with Gasteiger partial charge in [-0.2, -0.15) is 0 Å². The Morgan fingerprint density at radius 2 is 2.05 bits per heavy atom. The Morgan fingerprint density at radius 1 is 1.37 bits per heavy atom. The number of carbonyl (C=O) groups excluding carboxylic acids is 3. The summed E-state index contributed by atoms with van der Waals surface area (Å²) in [7, 11) is 0. The smallest absolute Gasteiger partial charge is 0.247 e. The lowest BCUT2D eigenvalue weighted by molar-refractivity contribution is -0.139. The Hall–Kier alpha value is -1.43. The topological polar surface area (TPSA) is 78.5 Å². The van der Waals surface area contributed by atoms with Crippen LogP contribution in [0.3, 0.4) is 0 Å². The first kappa shape index (κ1) is 14.0. The first-order chi connectivity index (χ1) is 8.99. The summed E-state index contributed by atoms with van der Waals surface area (Å²) >= 11 is 0. The number of likely N-dealkylation sites (tertiary alicyclic amines) is 1. The second-order valence-electron chi connectivity index (χ2n) is 5.67. The van der Waals surface area contributed by atoms with Crippen molar-refractivity contribution in [3.63, 3.8) is 0 Å². The third-order valence-electron chi connectivity index (χ3n) is 3.31. The fraction of sp³-hybridized carbons (Fsp3) is 0.769. The van der Waals surface area contributed by atoms with Gasteiger partial charge in [0.25, 0.3) is 0 Å². The van der Waals surface area contributed by atoms with Crippen molar-refractivity contribution < 1.29 is 14.4 Å². The van der Waals surface area contributed by atoms with E-state index < -0.39 is 6.04 Å². The van der Waals surface area contributed by atoms with Crippen molar-refractivity contribution in [3.05, 3.63) is 0 Å². The van der Waals surface area contributed by atoms with Crippen LogP contribution in [0.4, 0.5) is 0 Å². The fourth-order valence-corrected chi connectivity index (χ4v) is 2.12. The standard InChI is InChI=1S/C13H21N3O3/c1-8(2)6-15-11(17)7-14-10-5-12(18)16(13(10)19)9-3-4-9/h8-10,14H,3-7H2,1-2H3,(H,15,17). The van der Waals surface area contributed by atoms with Gasteiger partial charge in [0.15, 0.2) is 0 Å². The van der Waals surface area contributed by atoms with Crippen LogP contribution in [-0.4, -0.2) is 47.8 Å². The SMILES string of the molecule is CC(C)CNC(=O)CNC1CC(=O)N(C2CC2)C1=O. The van der Waals surface area contributed by atoms with Gasteiger partial charge in [-0.25, -0.2) is 0 Å². The molecule has 1 aliphatic heterocycles. The number of hydrogen-bond acceptors (Lipinski definition) is 4. The van der Waals surface area contributed by atoms with E-state index in [1.54, 1.807) is 0 Å². The maximum Gasteiger partial charge on any atom is 0.247 e. The third-order valence-corrected chi connectivity index (χ3v) is 3.31. The molecule has 6 nitrogen and oxygen atoms in total. The number of imide groups is 1. The summed E-state index contributed by atoms with van der Waals surface area (Å²) in [5.74, 6) is -0.0421. The molecule has 1 aliphatic carbocycles. The van der Waals surface area contributed by atoms with Crippen molar-refractivity contribution in [1.29, 1.82) is 0 Å². The molecule has 0 aromatic carbocycles. The van der Waals surface area contributed by atoms with Gasteiger partial charge in [0.2, 0.25) is 17.7 Å². The summed E-state index contributed by atoms with van der Waals surface area (Å²) < 4.78 is 0. The molecule has 2 N–H and O–H groups in total. The van der Waals surface area contributed by atoms with Crippen LogP contribution >= 0.6 is 0 Å². The van der Waals surface area contributed by atoms with Crippen LogP contribution < -0.4 is 10.6 Å². The Balaban J connectivity index is 1.76. The molecule has 6 heteroatoms. The first-order valence-electron chi connectivity index (χ1n) is 6.85. The largest absolute Gasteiger partial charge is 0.355 e. The zero-order valence-corrected chi connectivity index (χ0v) is 11.4. The summed E-state index contributed by atoms with van der Waals surface area (Å²) in [5, 5.41) is 5.64. The number of hydrogen-bond donors (Lipinski definition) is 2. The molecule has 2 rings (SSSR count). The van der Waals surface area contributed by atoms with Crippen molar-refractivity contribution in [2.75, 3.05) is 13.1 Å². The van der Waals surface area contributed by atoms with Gasteiger partial charge in [0.05, 0.1) is 19.0 Å². The van der Waals surface area contributed by atoms with Crippen LogP contribution in [0.1, 0.15) is 33.1 Å². The molecular weight excluding hydrogens is 246 g/mol. The zero-order chi connectivity index (χ0) is 14.0. The lowest BCUT2D eigenvalue weighted by Crippen LogP contribution is -2.44. The van der Waals surface area contributed by atoms with E-state index in [0.29, 0.717) is 12.5 Å². The highest BCUT2D eigenvalue weighted by molar-refractivity contribution is 6.06. The van der Waals surface area contributed by atoms with E-state index >= 15 is 0 Å². The average molecular weight is 267 g/mol. The van der Waals surface area contributed by atoms with E-state index in [4.69, 9.17) is 0 Å². The molecule has 19 heavy (non-hydrogen) atoms. The molecule has 1 saturated carbocycles. The third kappa shape index (κ3) is 3.53. The lowest BCUT2D eigenvalue weighted by atomic mass is 10.2. The predicted molar refractivity (Wildman–Crippen MR) is 69.1 cm³/mol. The number of carbonyl (C=O) groups is 3. The normalized spacial score (nSPS) is 23.3. The van der Waals surface area contributed by atoms with E-state index in [0.717, 1.165) is 12.8 Å². The van der Waals surface area contributed by atoms with Gasteiger partial charge >= 0.3 is 0 Å². The van der Waals surface area contributed by atoms with E-state index in [9.17, 15) is 14.4 Å². The molecule has 0 aromatic rings. The Labute approximate surface area is 112 Å². The van der Waals surface area contributed by atoms with Gasteiger partial charge < -0.3 is 5.32 Å². The average Bonchev–Trinajstić information content (AvgIpc) is 3.12. The minimum Gasteiger partial charge on any atom is -0.355 e. The van der Waals surface area contributed by atoms with Crippen LogP contribution in [0, 0.1) is 5.92 Å². The number of nitrogens with zero attached hydrogens (tertiary/aromatic N) is 1. The highest BCUT2D eigenvalue weighted by Gasteiger charge is 2.45. The van der Waals surface area contributed by atoms with E-state index in [-0.39, 0.29) is 36.7 Å². The summed E-state index contributed by atoms with van der Waals surface area (Å²) in [6, 6.07) is -0.417. The highest BCUT2D eigenvalue weighted by atomic mass is 16.2. The van der Waals surface area contributed by atoms with Crippen molar-refractivity contribution >= 4 is 17.7 Å². The van der Waals surface area contributed by atoms with Gasteiger partial charge in [-0.3, -0.25) is 24.6 Å². The Morgan fingerprint density at radius 3 is 2.63 bits per heavy atom. The van der Waals surface area contributed by atoms with Crippen LogP contribution in [0.25, 0.3) is 0 Å². The number of amides is 3. The van der Waals surface area contributed by atoms with Gasteiger partial charge in [-0.1, -0.05) is 13.8 Å². The second kappa shape index (κ2) is 5.69. The Bertz CT molecular complexity index is 391. The number of nitrogens with one attached hydrogen (secondary N) is 2. The Kier molecular flexibility index (Phi) is 4.19. The molecule has 1 atom stereocenters. The van der Waals surface area contributed by atoms with Crippen molar-refractivity contribution in [2.24, 2.45) is 5.92 Å². The summed E-state index contributed by atoms with van der Waals surface area (Å²) in [5.41, 5.74) is 0. The lowest BCUT2D eigenvalue weighted by Gasteiger charge is -2.14. The van der Waals surface area contributed by atoms with Crippen molar-refractivity contribution in [3.8, 4) is 0 Å². The first-order valence-corrected chi connectivity index (χ1v) is 6.85. The molecule has 0 spiro atoms. The van der Waals surface area contributed by atoms with Gasteiger partial charge in [-0.15, -0.1) is 0 Å². The van der Waals surface area contributed by atoms with Gasteiger partial charge in [0, 0.05) is 12.6 Å². The molecule has 1 saturated heterocycles. The summed E-state index contributed by atoms with van der Waals surface area (Å²) in [6.07, 6.45) is 2.00. The molecule has 1 heterocycles. The van der Waals surface area contributed by atoms with E-state index in [1.165, 1.54) is 4.90 Å². The summed E-state index contributed by atoms with van der Waals surface area (Å²) in [6.45, 7) is 4.72. The molecule has 2 fully saturated rings. The highest BCUT2D eigenvalue weighted by Crippen LogP contribution is 2.31. The van der Waals surface area contributed by atoms with Crippen LogP contribution in [0.2, 0.25) is 0 Å². The fourth-order valence-electron chi connectivity index (χ4n) is 2.12. The monoisotopic (exact) mass is 267 g/mol. The molecule has 0 radical (unpaired) electrons. The van der Waals surface area contributed by atoms with Crippen molar-refractivity contribution in [2.45, 2.75) is 45.2 Å². The zero-order valence-electron chi connectivity index (χ0n) is 11.4. The van der Waals surface area contributed by atoms with E-state index in [1.807, 2.05) is 13.8 Å². The molecule has 106 valence electrons. The molecule has 3 amide bonds. The summed E-state index contributed by atoms with van der Waals surface area (Å²) in [4.78, 5) is 36.6. The predicted octanol–water partition coefficient (Wildman–Crippen LogP) is -0.362.